The molecule has 17 rings (SSSR count). The topological polar surface area (TPSA) is 437 Å². The zero-order valence-corrected chi connectivity index (χ0v) is 83.2. The quantitative estimate of drug-likeness (QED) is 0.00838. The van der Waals surface area contributed by atoms with Crippen LogP contribution in [0.2, 0.25) is 0 Å². The van der Waals surface area contributed by atoms with Crippen LogP contribution in [0.15, 0.2) is 247 Å². The van der Waals surface area contributed by atoms with E-state index in [1.165, 1.54) is 27.6 Å². The number of amides is 5. The summed E-state index contributed by atoms with van der Waals surface area (Å²) in [6.45, 7) is 13.8. The van der Waals surface area contributed by atoms with Gasteiger partial charge in [-0.2, -0.15) is 13.5 Å². The fraction of sp³-hybridized carbons (Fsp3) is 0.349. The average Bonchev–Trinajstić information content (AvgIpc) is 1.45. The maximum atomic E-state index is 15.2. The largest absolute Gasteiger partial charge is 0.744 e. The predicted octanol–water partition coefficient (Wildman–Crippen LogP) is 13.9. The van der Waals surface area contributed by atoms with Crippen LogP contribution in [-0.2, 0) is 99.8 Å². The number of sulfonamides is 1. The number of para-hydroxylation sites is 2. The van der Waals surface area contributed by atoms with E-state index in [0.717, 1.165) is 115 Å². The average molecular weight is 2010 g/mol. The number of unbranched alkanes of at least 4 members (excludes halogenated alkanes) is 2. The Morgan fingerprint density at radius 2 is 1.20 bits per heavy atom. The van der Waals surface area contributed by atoms with Crippen LogP contribution in [0.3, 0.4) is 0 Å². The maximum Gasteiger partial charge on any atom is 0.251 e. The number of carbonyl (C=O) groups is 5. The van der Waals surface area contributed by atoms with Crippen LogP contribution in [0, 0.1) is 11.8 Å². The molecule has 2 aliphatic carbocycles. The van der Waals surface area contributed by atoms with Gasteiger partial charge in [0.25, 0.3) is 5.91 Å². The van der Waals surface area contributed by atoms with E-state index < -0.39 is 117 Å². The lowest BCUT2D eigenvalue weighted by atomic mass is 9.79. The van der Waals surface area contributed by atoms with Crippen molar-refractivity contribution in [3.8, 4) is 22.5 Å². The monoisotopic (exact) mass is 2000 g/mol. The summed E-state index contributed by atoms with van der Waals surface area (Å²) in [5, 5.41) is 16.3. The molecule has 5 amide bonds. The van der Waals surface area contributed by atoms with E-state index in [4.69, 9.17) is 4.42 Å². The molecule has 0 bridgehead atoms. The molecule has 30 nitrogen and oxygen atoms in total. The lowest BCUT2D eigenvalue weighted by molar-refractivity contribution is -0.433. The highest BCUT2D eigenvalue weighted by Crippen LogP contribution is 2.54. The van der Waals surface area contributed by atoms with Gasteiger partial charge in [-0.1, -0.05) is 150 Å². The number of rotatable bonds is 33. The van der Waals surface area contributed by atoms with E-state index >= 15 is 8.42 Å². The standard InChI is InChI=1S/C106H114N10O20S5/c1-7-84(103(120)109-54-53-107-97(117)34-16-11-23-55-116-89-46-44-78-83(64-76(139(127,128)129)66-94(78)141(133,134)135)100(89)106(5,6)96(116)33-15-10-14-32-95-105(3,4)99-82-63-75(138(124,125)126)65-93(140(130,131)132)77(82)43-45-88(99)113(95)8-2)110-104(121)85(60-68-24-12-9-13-25-68)111-102(119)71-37-35-67(36-38-71)47-52-108-101(118)72-48-56-112(57-49-72)137(122,123)92-31-22-19-28-81(92)98-79-41-39-73(114-58-50-69-26-17-20-29-86(69)114)61-90(79)136-91-62-74(40-42-80(91)98)115-59-51-70-27-18-21-30-87(70)115/h10,14-15,17-22,26-33,35-46,61-66,68,72,84-85H,7-9,11-13,16,23-25,34,47-60H2,1-6H3,(H7-2,107,108,109,110,111,117,118,119,120,121,124,125,126,127,128,129,130,131,132,133,134,135)/p-2/t84-,85-/m0/s1. The predicted molar refractivity (Wildman–Crippen MR) is 534 cm³/mol. The summed E-state index contributed by atoms with van der Waals surface area (Å²) < 4.78 is 194. The van der Waals surface area contributed by atoms with Gasteiger partial charge in [-0.15, -0.1) is 0 Å². The van der Waals surface area contributed by atoms with E-state index in [2.05, 4.69) is 96.7 Å². The fourth-order valence-corrected chi connectivity index (χ4v) is 25.8. The molecular formula is C106H112N10O20S5-2. The molecule has 0 spiro atoms. The Labute approximate surface area is 821 Å². The summed E-state index contributed by atoms with van der Waals surface area (Å²) in [6.07, 6.45) is 18.5. The number of benzene rings is 10. The lowest BCUT2D eigenvalue weighted by Crippen LogP contribution is -2.54. The summed E-state index contributed by atoms with van der Waals surface area (Å²) in [7, 11) is -25.3. The first-order valence-corrected chi connectivity index (χ1v) is 55.0. The summed E-state index contributed by atoms with van der Waals surface area (Å²) in [4.78, 5) is 70.4. The smallest absolute Gasteiger partial charge is 0.251 e. The molecular weight excluding hydrogens is 1890 g/mol. The first kappa shape index (κ1) is 100. The number of nitrogens with zero attached hydrogens (tertiary/aromatic N) is 5. The molecule has 738 valence electrons. The van der Waals surface area contributed by atoms with Crippen molar-refractivity contribution in [2.24, 2.45) is 11.8 Å². The van der Waals surface area contributed by atoms with Crippen molar-refractivity contribution in [3.63, 3.8) is 0 Å². The maximum absolute atomic E-state index is 15.2. The Hall–Kier alpha value is -12.4. The third-order valence-electron chi connectivity index (χ3n) is 28.6. The van der Waals surface area contributed by atoms with Gasteiger partial charge in [0.15, 0.2) is 12.3 Å². The number of carbonyl (C=O) groups excluding carboxylic acids is 5. The van der Waals surface area contributed by atoms with Gasteiger partial charge < -0.3 is 59.0 Å². The molecule has 8 aliphatic rings. The molecule has 5 N–H and O–H groups in total. The van der Waals surface area contributed by atoms with Gasteiger partial charge in [-0.3, -0.25) is 24.0 Å². The molecule has 0 radical (unpaired) electrons. The SMILES string of the molecule is CC[C@H](NC(=O)[C@H](CC1CCCCC1)NC(=O)c1ccc(CCNC(=O)C2CCN(S(=O)(=O)c3ccccc3-c3c4ccc(=[N+]5CCc6ccccc65)cc-4oc4cc(N5CCc6ccccc65)ccc34)CC2)cc1)C(=O)NCCNC(=O)CCCCCN1\C(=C/C=C/C=C/C2=[N+](CC)c3ccc4c(S(=O)(=O)[O-])cc(S(=O)(=O)[O-])cc4c3C2(C)C)C(C)(C)c2c1ccc1c(S(=O)(=O)[O-])cc(S(=O)(=O)[O-])cc21. The van der Waals surface area contributed by atoms with Crippen molar-refractivity contribution in [2.45, 2.75) is 192 Å². The van der Waals surface area contributed by atoms with Gasteiger partial charge in [0, 0.05) is 167 Å². The van der Waals surface area contributed by atoms with Crippen LogP contribution in [0.4, 0.5) is 28.4 Å². The Balaban J connectivity index is 0.489. The van der Waals surface area contributed by atoms with Crippen molar-refractivity contribution in [1.82, 2.24) is 35.5 Å². The van der Waals surface area contributed by atoms with Gasteiger partial charge in [-0.25, -0.2) is 42.1 Å². The fourth-order valence-electron chi connectivity index (χ4n) is 21.5. The van der Waals surface area contributed by atoms with Crippen LogP contribution in [-0.4, -0.2) is 175 Å². The minimum atomic E-state index is -5.34. The van der Waals surface area contributed by atoms with Crippen LogP contribution < -0.4 is 46.3 Å². The van der Waals surface area contributed by atoms with Crippen LogP contribution in [0.25, 0.3) is 55.0 Å². The summed E-state index contributed by atoms with van der Waals surface area (Å²) in [5.74, 6) is -1.63. The molecule has 6 heterocycles. The normalized spacial score (nSPS) is 17.5. The number of hydrogen-bond acceptors (Lipinski definition) is 22. The molecule has 9 aromatic carbocycles. The number of fused-ring (bicyclic) bond motifs is 10. The number of piperidine rings is 1. The van der Waals surface area contributed by atoms with Gasteiger partial charge in [-0.05, 0) is 196 Å². The van der Waals surface area contributed by atoms with Crippen LogP contribution in [0.1, 0.15) is 163 Å². The number of anilines is 3. The summed E-state index contributed by atoms with van der Waals surface area (Å²) in [6, 6.07) is 50.6. The number of nitrogens with one attached hydrogen (secondary N) is 5. The molecule has 2 fully saturated rings. The van der Waals surface area contributed by atoms with Crippen LogP contribution in [0.5, 0.6) is 0 Å². The third-order valence-corrected chi connectivity index (χ3v) is 33.9. The van der Waals surface area contributed by atoms with E-state index in [9.17, 15) is 75.9 Å². The highest BCUT2D eigenvalue weighted by atomic mass is 32.2. The van der Waals surface area contributed by atoms with Gasteiger partial charge >= 0.3 is 0 Å². The second kappa shape index (κ2) is 40.5. The van der Waals surface area contributed by atoms with E-state index in [1.54, 1.807) is 85.8 Å². The molecule has 35 heteroatoms. The molecule has 1 saturated carbocycles. The Kier molecular flexibility index (Phi) is 28.8. The van der Waals surface area contributed by atoms with Crippen molar-refractivity contribution in [1.29, 1.82) is 0 Å². The van der Waals surface area contributed by atoms with E-state index in [1.807, 2.05) is 80.5 Å². The minimum absolute atomic E-state index is 0.0243. The molecule has 6 aliphatic heterocycles. The van der Waals surface area contributed by atoms with Crippen LogP contribution >= 0.6 is 0 Å². The highest BCUT2D eigenvalue weighted by Gasteiger charge is 2.47. The first-order chi connectivity index (χ1) is 67.2. The summed E-state index contributed by atoms with van der Waals surface area (Å²) >= 11 is 0. The van der Waals surface area contributed by atoms with Crippen molar-refractivity contribution in [3.05, 3.63) is 257 Å². The zero-order chi connectivity index (χ0) is 100.0. The van der Waals surface area contributed by atoms with Crippen molar-refractivity contribution in [2.75, 3.05) is 68.7 Å². The molecule has 0 unspecified atom stereocenters. The van der Waals surface area contributed by atoms with Gasteiger partial charge in [0.2, 0.25) is 50.4 Å². The Bertz CT molecular complexity index is 7670. The third kappa shape index (κ3) is 20.7. The molecule has 141 heavy (non-hydrogen) atoms. The highest BCUT2D eigenvalue weighted by molar-refractivity contribution is 7.89. The minimum Gasteiger partial charge on any atom is -0.744 e. The number of allylic oxidation sites excluding steroid dienone is 6. The zero-order valence-electron chi connectivity index (χ0n) is 79.1. The van der Waals surface area contributed by atoms with Gasteiger partial charge in [0.1, 0.15) is 70.4 Å². The lowest BCUT2D eigenvalue weighted by Gasteiger charge is -2.31. The van der Waals surface area contributed by atoms with E-state index in [0.29, 0.717) is 127 Å². The Morgan fingerprint density at radius 3 is 1.89 bits per heavy atom. The van der Waals surface area contributed by atoms with Crippen molar-refractivity contribution < 1.29 is 93.3 Å². The Morgan fingerprint density at radius 1 is 0.539 bits per heavy atom. The molecule has 0 aromatic heterocycles. The molecule has 2 atom stereocenters. The second-order valence-corrected chi connectivity index (χ2v) is 45.5. The summed E-state index contributed by atoms with van der Waals surface area (Å²) in [5.41, 5.74) is 10.9. The molecule has 1 saturated heterocycles. The molecule has 9 aromatic rings. The van der Waals surface area contributed by atoms with Gasteiger partial charge in [0.05, 0.1) is 36.0 Å². The first-order valence-electron chi connectivity index (χ1n) is 47.9. The van der Waals surface area contributed by atoms with E-state index in [-0.39, 0.29) is 89.7 Å². The van der Waals surface area contributed by atoms with Crippen molar-refractivity contribution >= 4 is 147 Å². The number of hydrogen-bond donors (Lipinski definition) is 5. The second-order valence-electron chi connectivity index (χ2n) is 38.1.